The van der Waals surface area contributed by atoms with Crippen molar-refractivity contribution in [3.05, 3.63) is 12.2 Å². The average molecular weight is 171 g/mol. The van der Waals surface area contributed by atoms with Gasteiger partial charge < -0.3 is 0 Å². The number of nitrogens with one attached hydrogen (secondary N) is 1. The maximum absolute atomic E-state index is 11.2. The summed E-state index contributed by atoms with van der Waals surface area (Å²) < 4.78 is 0.561. The van der Waals surface area contributed by atoms with E-state index in [-0.39, 0.29) is 5.91 Å². The normalized spacial score (nSPS) is 11.0. The van der Waals surface area contributed by atoms with Gasteiger partial charge in [0.25, 0.3) is 5.91 Å². The van der Waals surface area contributed by atoms with Crippen molar-refractivity contribution >= 4 is 5.91 Å². The molecule has 0 rings (SSSR count). The van der Waals surface area contributed by atoms with E-state index in [1.54, 1.807) is 6.92 Å². The lowest BCUT2D eigenvalue weighted by Gasteiger charge is -2.31. The van der Waals surface area contributed by atoms with Crippen LogP contribution >= 0.6 is 0 Å². The zero-order valence-corrected chi connectivity index (χ0v) is 8.48. The van der Waals surface area contributed by atoms with Crippen molar-refractivity contribution in [1.82, 2.24) is 5.43 Å². The quantitative estimate of drug-likeness (QED) is 0.383. The molecule has 0 saturated heterocycles. The molecule has 12 heavy (non-hydrogen) atoms. The molecule has 1 N–H and O–H groups in total. The summed E-state index contributed by atoms with van der Waals surface area (Å²) in [5.74, 6) is -0.0683. The first kappa shape index (κ1) is 11.2. The maximum Gasteiger partial charge on any atom is 0.290 e. The van der Waals surface area contributed by atoms with Crippen LogP contribution in [-0.2, 0) is 4.79 Å². The standard InChI is InChI=1S/C9H18N2O/c1-6-11(5,7-2)10-9(12)8(3)4/h3,6-7H2,1-2,4-5H3/p+1. The van der Waals surface area contributed by atoms with Gasteiger partial charge in [-0.05, 0) is 20.8 Å². The number of quaternary nitrogens is 1. The van der Waals surface area contributed by atoms with E-state index in [2.05, 4.69) is 12.0 Å². The Morgan fingerprint density at radius 1 is 1.42 bits per heavy atom. The zero-order chi connectivity index (χ0) is 9.78. The zero-order valence-electron chi connectivity index (χ0n) is 8.48. The molecule has 0 aliphatic carbocycles. The highest BCUT2D eigenvalue weighted by atomic mass is 16.2. The Morgan fingerprint density at radius 2 is 1.83 bits per heavy atom. The molecule has 0 saturated carbocycles. The summed E-state index contributed by atoms with van der Waals surface area (Å²) in [5, 5.41) is 0. The second kappa shape index (κ2) is 4.26. The van der Waals surface area contributed by atoms with Gasteiger partial charge >= 0.3 is 0 Å². The predicted octanol–water partition coefficient (Wildman–Crippen LogP) is 1.08. The van der Waals surface area contributed by atoms with Crippen molar-refractivity contribution in [2.45, 2.75) is 20.8 Å². The van der Waals surface area contributed by atoms with Crippen LogP contribution < -0.4 is 5.43 Å². The molecule has 3 heteroatoms. The molecule has 1 amide bonds. The fraction of sp³-hybridized carbons (Fsp3) is 0.667. The fourth-order valence-corrected chi connectivity index (χ4v) is 0.722. The van der Waals surface area contributed by atoms with E-state index >= 15 is 0 Å². The van der Waals surface area contributed by atoms with Gasteiger partial charge in [-0.3, -0.25) is 4.79 Å². The molecule has 3 nitrogen and oxygen atoms in total. The second-order valence-electron chi connectivity index (χ2n) is 3.25. The molecule has 0 bridgehead atoms. The molecule has 0 atom stereocenters. The first-order valence-corrected chi connectivity index (χ1v) is 4.28. The minimum Gasteiger partial charge on any atom is -0.265 e. The molecule has 0 heterocycles. The monoisotopic (exact) mass is 171 g/mol. The van der Waals surface area contributed by atoms with E-state index in [1.165, 1.54) is 0 Å². The van der Waals surface area contributed by atoms with Crippen molar-refractivity contribution in [3.8, 4) is 0 Å². The van der Waals surface area contributed by atoms with Crippen LogP contribution in [0.3, 0.4) is 0 Å². The second-order valence-corrected chi connectivity index (χ2v) is 3.25. The SMILES string of the molecule is C=C(C)C(=O)N[N+](C)(CC)CC. The van der Waals surface area contributed by atoms with Crippen molar-refractivity contribution in [2.24, 2.45) is 0 Å². The summed E-state index contributed by atoms with van der Waals surface area (Å²) in [5.41, 5.74) is 3.45. The fourth-order valence-electron chi connectivity index (χ4n) is 0.722. The van der Waals surface area contributed by atoms with E-state index < -0.39 is 0 Å². The van der Waals surface area contributed by atoms with Gasteiger partial charge in [-0.2, -0.15) is 5.43 Å². The summed E-state index contributed by atoms with van der Waals surface area (Å²) >= 11 is 0. The average Bonchev–Trinajstić information content (AvgIpc) is 2.04. The lowest BCUT2D eigenvalue weighted by atomic mass is 10.3. The molecule has 0 spiro atoms. The van der Waals surface area contributed by atoms with Gasteiger partial charge in [-0.1, -0.05) is 6.58 Å². The van der Waals surface area contributed by atoms with Crippen molar-refractivity contribution < 1.29 is 9.39 Å². The summed E-state index contributed by atoms with van der Waals surface area (Å²) in [4.78, 5) is 11.2. The Bertz CT molecular complexity index is 183. The molecule has 0 aromatic carbocycles. The van der Waals surface area contributed by atoms with Gasteiger partial charge in [0, 0.05) is 5.57 Å². The van der Waals surface area contributed by atoms with E-state index in [9.17, 15) is 4.79 Å². The van der Waals surface area contributed by atoms with Crippen LogP contribution in [0.4, 0.5) is 0 Å². The summed E-state index contributed by atoms with van der Waals surface area (Å²) in [6.45, 7) is 11.2. The highest BCUT2D eigenvalue weighted by molar-refractivity contribution is 5.91. The highest BCUT2D eigenvalue weighted by Gasteiger charge is 2.19. The number of rotatable bonds is 4. The van der Waals surface area contributed by atoms with Crippen LogP contribution in [0.2, 0.25) is 0 Å². The lowest BCUT2D eigenvalue weighted by molar-refractivity contribution is -0.940. The molecule has 0 fully saturated rings. The molecule has 0 aliphatic heterocycles. The number of carbonyl (C=O) groups excluding carboxylic acids is 1. The van der Waals surface area contributed by atoms with E-state index in [1.807, 2.05) is 20.9 Å². The van der Waals surface area contributed by atoms with Crippen molar-refractivity contribution in [2.75, 3.05) is 20.1 Å². The third-order valence-corrected chi connectivity index (χ3v) is 2.15. The van der Waals surface area contributed by atoms with Crippen molar-refractivity contribution in [1.29, 1.82) is 0 Å². The van der Waals surface area contributed by atoms with Crippen LogP contribution in [0.5, 0.6) is 0 Å². The number of amides is 1. The Balaban J connectivity index is 4.21. The van der Waals surface area contributed by atoms with Gasteiger partial charge in [-0.15, -0.1) is 0 Å². The van der Waals surface area contributed by atoms with Gasteiger partial charge in [-0.25, -0.2) is 4.59 Å². The Hall–Kier alpha value is -0.830. The van der Waals surface area contributed by atoms with Crippen LogP contribution in [0, 0.1) is 0 Å². The van der Waals surface area contributed by atoms with Crippen LogP contribution in [0.1, 0.15) is 20.8 Å². The van der Waals surface area contributed by atoms with E-state index in [4.69, 9.17) is 0 Å². The summed E-state index contributed by atoms with van der Waals surface area (Å²) in [6, 6.07) is 0. The minimum absolute atomic E-state index is 0.0683. The van der Waals surface area contributed by atoms with Crippen LogP contribution in [-0.4, -0.2) is 30.6 Å². The molecule has 70 valence electrons. The smallest absolute Gasteiger partial charge is 0.265 e. The van der Waals surface area contributed by atoms with E-state index in [0.717, 1.165) is 13.1 Å². The number of nitrogens with zero attached hydrogens (tertiary/aromatic N) is 1. The number of carbonyl (C=O) groups is 1. The largest absolute Gasteiger partial charge is 0.290 e. The molecular formula is C9H19N2O+. The van der Waals surface area contributed by atoms with Gasteiger partial charge in [0.15, 0.2) is 0 Å². The first-order valence-electron chi connectivity index (χ1n) is 4.28. The third kappa shape index (κ3) is 3.05. The molecule has 0 aromatic rings. The molecule has 0 radical (unpaired) electrons. The molecule has 0 unspecified atom stereocenters. The Morgan fingerprint density at radius 3 is 2.08 bits per heavy atom. The summed E-state index contributed by atoms with van der Waals surface area (Å²) in [7, 11) is 1.99. The minimum atomic E-state index is -0.0683. The number of hydrogen-bond donors (Lipinski definition) is 1. The topological polar surface area (TPSA) is 29.1 Å². The molecule has 0 aromatic heterocycles. The lowest BCUT2D eigenvalue weighted by Crippen LogP contribution is -2.57. The molecular weight excluding hydrogens is 152 g/mol. The van der Waals surface area contributed by atoms with Crippen LogP contribution in [0.25, 0.3) is 0 Å². The Labute approximate surface area is 74.6 Å². The Kier molecular flexibility index (Phi) is 3.96. The van der Waals surface area contributed by atoms with Gasteiger partial charge in [0.05, 0.1) is 20.1 Å². The highest BCUT2D eigenvalue weighted by Crippen LogP contribution is 1.97. The third-order valence-electron chi connectivity index (χ3n) is 2.15. The van der Waals surface area contributed by atoms with Gasteiger partial charge in [0.2, 0.25) is 0 Å². The van der Waals surface area contributed by atoms with Crippen molar-refractivity contribution in [3.63, 3.8) is 0 Å². The number of hydrogen-bond acceptors (Lipinski definition) is 1. The maximum atomic E-state index is 11.2. The van der Waals surface area contributed by atoms with Gasteiger partial charge in [0.1, 0.15) is 0 Å². The van der Waals surface area contributed by atoms with E-state index in [0.29, 0.717) is 10.2 Å². The molecule has 0 aliphatic rings. The predicted molar refractivity (Wildman–Crippen MR) is 50.2 cm³/mol. The first-order chi connectivity index (χ1) is 5.45. The summed E-state index contributed by atoms with van der Waals surface area (Å²) in [6.07, 6.45) is 0. The van der Waals surface area contributed by atoms with Crippen LogP contribution in [0.15, 0.2) is 12.2 Å².